The monoisotopic (exact) mass is 401 g/mol. The quantitative estimate of drug-likeness (QED) is 0.515. The van der Waals surface area contributed by atoms with Crippen LogP contribution in [0.4, 0.5) is 10.5 Å². The minimum Gasteiger partial charge on any atom is -0.334 e. The van der Waals surface area contributed by atoms with Gasteiger partial charge in [0, 0.05) is 43.2 Å². The first-order chi connectivity index (χ1) is 14.7. The fourth-order valence-electron chi connectivity index (χ4n) is 2.87. The van der Waals surface area contributed by atoms with Gasteiger partial charge in [0.15, 0.2) is 5.82 Å². The maximum atomic E-state index is 12.2. The van der Waals surface area contributed by atoms with E-state index in [2.05, 4.69) is 25.7 Å². The first-order valence-corrected chi connectivity index (χ1v) is 9.27. The van der Waals surface area contributed by atoms with Crippen LogP contribution in [-0.2, 0) is 13.1 Å². The molecule has 0 aliphatic heterocycles. The first-order valence-electron chi connectivity index (χ1n) is 9.27. The van der Waals surface area contributed by atoms with Crippen LogP contribution < -0.4 is 16.3 Å². The van der Waals surface area contributed by atoms with E-state index in [0.29, 0.717) is 24.6 Å². The molecule has 30 heavy (non-hydrogen) atoms. The number of urea groups is 1. The molecule has 9 nitrogen and oxygen atoms in total. The molecule has 0 saturated carbocycles. The number of hydrogen-bond acceptors (Lipinski definition) is 5. The molecule has 0 aliphatic carbocycles. The lowest BCUT2D eigenvalue weighted by Crippen LogP contribution is -2.28. The van der Waals surface area contributed by atoms with Gasteiger partial charge in [-0.2, -0.15) is 5.10 Å². The zero-order valence-corrected chi connectivity index (χ0v) is 16.0. The minimum absolute atomic E-state index is 0.319. The molecular weight excluding hydrogens is 382 g/mol. The average Bonchev–Trinajstić information content (AvgIpc) is 3.30. The predicted molar refractivity (Wildman–Crippen MR) is 111 cm³/mol. The number of pyridine rings is 1. The number of carbonyl (C=O) groups is 1. The molecule has 0 atom stereocenters. The Morgan fingerprint density at radius 2 is 1.87 bits per heavy atom. The first kappa shape index (κ1) is 19.1. The van der Waals surface area contributed by atoms with Crippen LogP contribution in [-0.4, -0.2) is 30.3 Å². The summed E-state index contributed by atoms with van der Waals surface area (Å²) in [6.07, 6.45) is 8.33. The van der Waals surface area contributed by atoms with Gasteiger partial charge in [0.1, 0.15) is 0 Å². The fourth-order valence-corrected chi connectivity index (χ4v) is 2.87. The van der Waals surface area contributed by atoms with Gasteiger partial charge in [-0.25, -0.2) is 24.2 Å². The van der Waals surface area contributed by atoms with Crippen LogP contribution in [0.15, 0.2) is 84.3 Å². The van der Waals surface area contributed by atoms with Crippen molar-refractivity contribution in [2.24, 2.45) is 0 Å². The number of carbonyl (C=O) groups excluding carboxylic acids is 1. The lowest BCUT2D eigenvalue weighted by Gasteiger charge is -2.10. The summed E-state index contributed by atoms with van der Waals surface area (Å²) in [6, 6.07) is 14.2. The second-order valence-electron chi connectivity index (χ2n) is 6.51. The molecule has 3 aromatic heterocycles. The van der Waals surface area contributed by atoms with Gasteiger partial charge in [0.2, 0.25) is 0 Å². The van der Waals surface area contributed by atoms with Gasteiger partial charge in [0.05, 0.1) is 6.54 Å². The highest BCUT2D eigenvalue weighted by atomic mass is 16.2. The van der Waals surface area contributed by atoms with Gasteiger partial charge in [-0.05, 0) is 41.5 Å². The Morgan fingerprint density at radius 3 is 2.63 bits per heavy atom. The lowest BCUT2D eigenvalue weighted by molar-refractivity contribution is 0.251. The van der Waals surface area contributed by atoms with Crippen LogP contribution in [0.25, 0.3) is 5.82 Å². The summed E-state index contributed by atoms with van der Waals surface area (Å²) in [7, 11) is 0. The molecule has 9 heteroatoms. The van der Waals surface area contributed by atoms with Gasteiger partial charge in [-0.3, -0.25) is 4.57 Å². The molecule has 0 aliphatic rings. The topological polar surface area (TPSA) is 107 Å². The predicted octanol–water partition coefficient (Wildman–Crippen LogP) is 2.19. The summed E-state index contributed by atoms with van der Waals surface area (Å²) < 4.78 is 3.16. The molecular formula is C21H19N7O2. The standard InChI is InChI=1S/C21H19N7O2/c29-20(24-14-17-6-7-19(23-13-17)28-11-3-9-25-28)26-18-5-1-4-16(12-18)15-27-10-2-8-22-21(27)30/h1-13H,14-15H2,(H2,24,26,29). The zero-order valence-electron chi connectivity index (χ0n) is 16.0. The van der Waals surface area contributed by atoms with E-state index in [0.717, 1.165) is 11.1 Å². The van der Waals surface area contributed by atoms with Crippen molar-refractivity contribution in [1.29, 1.82) is 0 Å². The molecule has 0 spiro atoms. The second kappa shape index (κ2) is 8.82. The Bertz CT molecular complexity index is 1180. The van der Waals surface area contributed by atoms with E-state index in [4.69, 9.17) is 0 Å². The number of anilines is 1. The molecule has 0 saturated heterocycles. The third-order valence-electron chi connectivity index (χ3n) is 4.32. The summed E-state index contributed by atoms with van der Waals surface area (Å²) in [5.74, 6) is 0.706. The largest absolute Gasteiger partial charge is 0.347 e. The Balaban J connectivity index is 1.33. The molecule has 4 rings (SSSR count). The van der Waals surface area contributed by atoms with E-state index in [-0.39, 0.29) is 11.7 Å². The summed E-state index contributed by atoms with van der Waals surface area (Å²) in [4.78, 5) is 32.1. The maximum Gasteiger partial charge on any atom is 0.347 e. The molecule has 4 aromatic rings. The molecule has 0 radical (unpaired) electrons. The Hall–Kier alpha value is -4.27. The van der Waals surface area contributed by atoms with Crippen molar-refractivity contribution in [3.63, 3.8) is 0 Å². The highest BCUT2D eigenvalue weighted by Gasteiger charge is 2.05. The van der Waals surface area contributed by atoms with E-state index in [1.54, 1.807) is 35.4 Å². The third kappa shape index (κ3) is 4.76. The molecule has 2 N–H and O–H groups in total. The van der Waals surface area contributed by atoms with Crippen molar-refractivity contribution in [2.75, 3.05) is 5.32 Å². The van der Waals surface area contributed by atoms with Gasteiger partial charge < -0.3 is 10.6 Å². The molecule has 0 fully saturated rings. The highest BCUT2D eigenvalue weighted by Crippen LogP contribution is 2.11. The highest BCUT2D eigenvalue weighted by molar-refractivity contribution is 5.89. The van der Waals surface area contributed by atoms with Crippen LogP contribution >= 0.6 is 0 Å². The second-order valence-corrected chi connectivity index (χ2v) is 6.51. The van der Waals surface area contributed by atoms with Crippen LogP contribution in [0.3, 0.4) is 0 Å². The van der Waals surface area contributed by atoms with Crippen molar-refractivity contribution in [3.05, 3.63) is 101 Å². The van der Waals surface area contributed by atoms with Gasteiger partial charge in [0.25, 0.3) is 0 Å². The maximum absolute atomic E-state index is 12.2. The Morgan fingerprint density at radius 1 is 0.967 bits per heavy atom. The van der Waals surface area contributed by atoms with Crippen molar-refractivity contribution in [3.8, 4) is 5.82 Å². The molecule has 3 heterocycles. The number of rotatable bonds is 6. The number of aromatic nitrogens is 5. The van der Waals surface area contributed by atoms with Crippen LogP contribution in [0, 0.1) is 0 Å². The summed E-state index contributed by atoms with van der Waals surface area (Å²) in [5, 5.41) is 9.73. The molecule has 1 aromatic carbocycles. The molecule has 0 unspecified atom stereocenters. The number of nitrogens with one attached hydrogen (secondary N) is 2. The van der Waals surface area contributed by atoms with E-state index in [1.165, 1.54) is 10.8 Å². The molecule has 0 bridgehead atoms. The van der Waals surface area contributed by atoms with Gasteiger partial charge in [-0.1, -0.05) is 18.2 Å². The normalized spacial score (nSPS) is 10.5. The average molecular weight is 401 g/mol. The van der Waals surface area contributed by atoms with Crippen molar-refractivity contribution >= 4 is 11.7 Å². The summed E-state index contributed by atoms with van der Waals surface area (Å²) in [5.41, 5.74) is 2.06. The fraction of sp³-hybridized carbons (Fsp3) is 0.0952. The summed E-state index contributed by atoms with van der Waals surface area (Å²) >= 11 is 0. The van der Waals surface area contributed by atoms with E-state index >= 15 is 0 Å². The minimum atomic E-state index is -0.332. The van der Waals surface area contributed by atoms with Crippen molar-refractivity contribution < 1.29 is 4.79 Å². The zero-order chi connectivity index (χ0) is 20.8. The third-order valence-corrected chi connectivity index (χ3v) is 4.32. The number of amides is 2. The van der Waals surface area contributed by atoms with Crippen LogP contribution in [0.2, 0.25) is 0 Å². The van der Waals surface area contributed by atoms with Gasteiger partial charge >= 0.3 is 11.7 Å². The number of benzene rings is 1. The van der Waals surface area contributed by atoms with Gasteiger partial charge in [-0.15, -0.1) is 0 Å². The van der Waals surface area contributed by atoms with Crippen molar-refractivity contribution in [2.45, 2.75) is 13.1 Å². The molecule has 2 amide bonds. The Kier molecular flexibility index (Phi) is 5.61. The molecule has 150 valence electrons. The van der Waals surface area contributed by atoms with E-state index in [9.17, 15) is 9.59 Å². The van der Waals surface area contributed by atoms with E-state index in [1.807, 2.05) is 42.6 Å². The number of hydrogen-bond donors (Lipinski definition) is 2. The van der Waals surface area contributed by atoms with Crippen LogP contribution in [0.1, 0.15) is 11.1 Å². The smallest absolute Gasteiger partial charge is 0.334 e. The van der Waals surface area contributed by atoms with E-state index < -0.39 is 0 Å². The van der Waals surface area contributed by atoms with Crippen LogP contribution in [0.5, 0.6) is 0 Å². The number of nitrogens with zero attached hydrogens (tertiary/aromatic N) is 5. The Labute approximate surface area is 172 Å². The van der Waals surface area contributed by atoms with Crippen molar-refractivity contribution in [1.82, 2.24) is 29.6 Å². The SMILES string of the molecule is O=C(NCc1ccc(-n2cccn2)nc1)Nc1cccc(Cn2cccnc2=O)c1. The lowest BCUT2D eigenvalue weighted by atomic mass is 10.2. The summed E-state index contributed by atoms with van der Waals surface area (Å²) in [6.45, 7) is 0.709.